The molecular formula is C16H11ClN2O2S2. The molecule has 7 heteroatoms. The molecule has 0 spiro atoms. The van der Waals surface area contributed by atoms with Crippen LogP contribution in [0.3, 0.4) is 0 Å². The fraction of sp³-hybridized carbons (Fsp3) is 0.0625. The molecule has 4 aromatic rings. The highest BCUT2D eigenvalue weighted by Gasteiger charge is 2.23. The molecule has 0 saturated carbocycles. The standard InChI is InChI=1S/C16H11ClN2O2S2/c17-15-10-5-1-4-8-13(10)22-14(15)9-23(20,21)16-18-11-6-2-3-7-12(11)19-16/h1-8H,9H2,(H,18,19). The molecule has 4 rings (SSSR count). The van der Waals surface area contributed by atoms with Crippen LogP contribution in [0.2, 0.25) is 5.02 Å². The van der Waals surface area contributed by atoms with Gasteiger partial charge < -0.3 is 4.98 Å². The molecule has 0 amide bonds. The Bertz CT molecular complexity index is 1100. The molecule has 0 aliphatic carbocycles. The number of H-pyrrole nitrogens is 1. The second kappa shape index (κ2) is 5.33. The number of hydrogen-bond acceptors (Lipinski definition) is 4. The molecule has 0 aliphatic rings. The molecule has 1 N–H and O–H groups in total. The Labute approximate surface area is 141 Å². The van der Waals surface area contributed by atoms with Crippen LogP contribution in [0.4, 0.5) is 0 Å². The van der Waals surface area contributed by atoms with E-state index in [2.05, 4.69) is 9.97 Å². The number of aromatic amines is 1. The van der Waals surface area contributed by atoms with Crippen molar-refractivity contribution in [3.63, 3.8) is 0 Å². The van der Waals surface area contributed by atoms with Crippen LogP contribution in [0.1, 0.15) is 4.88 Å². The van der Waals surface area contributed by atoms with Crippen molar-refractivity contribution in [1.29, 1.82) is 0 Å². The Morgan fingerprint density at radius 3 is 2.61 bits per heavy atom. The first-order valence-corrected chi connectivity index (χ1v) is 9.73. The summed E-state index contributed by atoms with van der Waals surface area (Å²) in [5.74, 6) is -0.162. The highest BCUT2D eigenvalue weighted by molar-refractivity contribution is 7.90. The molecule has 116 valence electrons. The zero-order valence-corrected chi connectivity index (χ0v) is 14.2. The maximum absolute atomic E-state index is 12.7. The van der Waals surface area contributed by atoms with Gasteiger partial charge in [-0.15, -0.1) is 11.3 Å². The number of rotatable bonds is 3. The summed E-state index contributed by atoms with van der Waals surface area (Å²) in [6.07, 6.45) is 0. The number of nitrogens with zero attached hydrogens (tertiary/aromatic N) is 1. The SMILES string of the molecule is O=S(=O)(Cc1sc2ccccc2c1Cl)c1nc2ccccc2[nH]1. The van der Waals surface area contributed by atoms with Crippen molar-refractivity contribution in [3.05, 3.63) is 58.4 Å². The normalized spacial score (nSPS) is 12.2. The van der Waals surface area contributed by atoms with Gasteiger partial charge in [0.1, 0.15) is 0 Å². The van der Waals surface area contributed by atoms with E-state index in [0.717, 1.165) is 10.1 Å². The van der Waals surface area contributed by atoms with Crippen LogP contribution in [-0.2, 0) is 15.6 Å². The minimum atomic E-state index is -3.59. The minimum Gasteiger partial charge on any atom is -0.329 e. The van der Waals surface area contributed by atoms with Crippen molar-refractivity contribution in [2.24, 2.45) is 0 Å². The molecule has 0 unspecified atom stereocenters. The number of thiophene rings is 1. The van der Waals surface area contributed by atoms with Crippen LogP contribution in [0.5, 0.6) is 0 Å². The molecule has 0 atom stereocenters. The third-order valence-electron chi connectivity index (χ3n) is 3.58. The van der Waals surface area contributed by atoms with Gasteiger partial charge in [0.25, 0.3) is 0 Å². The van der Waals surface area contributed by atoms with E-state index in [-0.39, 0.29) is 10.9 Å². The van der Waals surface area contributed by atoms with Gasteiger partial charge in [0.2, 0.25) is 15.0 Å². The molecule has 4 nitrogen and oxygen atoms in total. The quantitative estimate of drug-likeness (QED) is 0.587. The van der Waals surface area contributed by atoms with Crippen molar-refractivity contribution in [2.75, 3.05) is 0 Å². The van der Waals surface area contributed by atoms with Gasteiger partial charge in [0.15, 0.2) is 0 Å². The van der Waals surface area contributed by atoms with Gasteiger partial charge in [-0.2, -0.15) is 0 Å². The summed E-state index contributed by atoms with van der Waals surface area (Å²) in [6, 6.07) is 14.9. The summed E-state index contributed by atoms with van der Waals surface area (Å²) in [6.45, 7) is 0. The minimum absolute atomic E-state index is 0.0211. The molecule has 23 heavy (non-hydrogen) atoms. The Morgan fingerprint density at radius 1 is 1.09 bits per heavy atom. The lowest BCUT2D eigenvalue weighted by molar-refractivity contribution is 0.589. The van der Waals surface area contributed by atoms with Crippen LogP contribution in [0, 0.1) is 0 Å². The van der Waals surface area contributed by atoms with Gasteiger partial charge in [-0.3, -0.25) is 0 Å². The zero-order valence-electron chi connectivity index (χ0n) is 11.8. The Hall–Kier alpha value is -1.89. The van der Waals surface area contributed by atoms with Crippen molar-refractivity contribution >= 4 is 53.9 Å². The van der Waals surface area contributed by atoms with E-state index in [0.29, 0.717) is 20.9 Å². The number of sulfone groups is 1. The lowest BCUT2D eigenvalue weighted by Gasteiger charge is -1.99. The maximum atomic E-state index is 12.7. The highest BCUT2D eigenvalue weighted by atomic mass is 35.5. The summed E-state index contributed by atoms with van der Waals surface area (Å²) < 4.78 is 26.3. The summed E-state index contributed by atoms with van der Waals surface area (Å²) in [4.78, 5) is 7.69. The molecule has 0 aliphatic heterocycles. The molecule has 0 fully saturated rings. The van der Waals surface area contributed by atoms with E-state index in [1.54, 1.807) is 12.1 Å². The lowest BCUT2D eigenvalue weighted by atomic mass is 10.2. The van der Waals surface area contributed by atoms with Crippen LogP contribution in [0.25, 0.3) is 21.1 Å². The molecule has 0 saturated heterocycles. The number of hydrogen-bond donors (Lipinski definition) is 1. The van der Waals surface area contributed by atoms with E-state index in [9.17, 15) is 8.42 Å². The van der Waals surface area contributed by atoms with Crippen molar-refractivity contribution in [2.45, 2.75) is 10.9 Å². The summed E-state index contributed by atoms with van der Waals surface area (Å²) >= 11 is 7.74. The zero-order chi connectivity index (χ0) is 16.0. The van der Waals surface area contributed by atoms with Gasteiger partial charge in [-0.05, 0) is 18.2 Å². The second-order valence-electron chi connectivity index (χ2n) is 5.15. The van der Waals surface area contributed by atoms with Crippen molar-refractivity contribution < 1.29 is 8.42 Å². The van der Waals surface area contributed by atoms with Crippen LogP contribution in [0.15, 0.2) is 53.7 Å². The molecule has 2 aromatic heterocycles. The highest BCUT2D eigenvalue weighted by Crippen LogP contribution is 2.36. The van der Waals surface area contributed by atoms with Crippen molar-refractivity contribution in [3.8, 4) is 0 Å². The number of benzene rings is 2. The van der Waals surface area contributed by atoms with Gasteiger partial charge in [0, 0.05) is 15.0 Å². The molecule has 0 bridgehead atoms. The van der Waals surface area contributed by atoms with E-state index in [1.165, 1.54) is 11.3 Å². The third-order valence-corrected chi connectivity index (χ3v) is 6.93. The Kier molecular flexibility index (Phi) is 3.41. The predicted octanol–water partition coefficient (Wildman–Crippen LogP) is 4.40. The van der Waals surface area contributed by atoms with Gasteiger partial charge in [0.05, 0.1) is 21.8 Å². The predicted molar refractivity (Wildman–Crippen MR) is 93.8 cm³/mol. The first-order valence-electron chi connectivity index (χ1n) is 6.88. The van der Waals surface area contributed by atoms with Crippen LogP contribution >= 0.6 is 22.9 Å². The average Bonchev–Trinajstić information content (AvgIpc) is 3.10. The number of aromatic nitrogens is 2. The number of fused-ring (bicyclic) bond motifs is 2. The molecule has 2 aromatic carbocycles. The average molecular weight is 363 g/mol. The van der Waals surface area contributed by atoms with E-state index >= 15 is 0 Å². The van der Waals surface area contributed by atoms with E-state index in [1.807, 2.05) is 36.4 Å². The fourth-order valence-corrected chi connectivity index (χ4v) is 5.68. The first-order chi connectivity index (χ1) is 11.0. The second-order valence-corrected chi connectivity index (χ2v) is 8.57. The Balaban J connectivity index is 1.77. The number of para-hydroxylation sites is 2. The number of nitrogens with one attached hydrogen (secondary N) is 1. The number of halogens is 1. The van der Waals surface area contributed by atoms with Gasteiger partial charge in [-0.1, -0.05) is 41.9 Å². The topological polar surface area (TPSA) is 62.8 Å². The molecular weight excluding hydrogens is 352 g/mol. The van der Waals surface area contributed by atoms with Crippen molar-refractivity contribution in [1.82, 2.24) is 9.97 Å². The summed E-state index contributed by atoms with van der Waals surface area (Å²) in [7, 11) is -3.59. The number of imidazole rings is 1. The molecule has 0 radical (unpaired) electrons. The first kappa shape index (κ1) is 14.7. The lowest BCUT2D eigenvalue weighted by Crippen LogP contribution is -2.06. The Morgan fingerprint density at radius 2 is 1.83 bits per heavy atom. The summed E-state index contributed by atoms with van der Waals surface area (Å²) in [5, 5.41) is 1.37. The van der Waals surface area contributed by atoms with E-state index in [4.69, 9.17) is 11.6 Å². The van der Waals surface area contributed by atoms with E-state index < -0.39 is 9.84 Å². The van der Waals surface area contributed by atoms with Crippen LogP contribution in [-0.4, -0.2) is 18.4 Å². The fourth-order valence-electron chi connectivity index (χ4n) is 2.48. The largest absolute Gasteiger partial charge is 0.329 e. The van der Waals surface area contributed by atoms with Gasteiger partial charge >= 0.3 is 0 Å². The smallest absolute Gasteiger partial charge is 0.226 e. The monoisotopic (exact) mass is 362 g/mol. The summed E-state index contributed by atoms with van der Waals surface area (Å²) in [5.41, 5.74) is 1.34. The third kappa shape index (κ3) is 2.52. The van der Waals surface area contributed by atoms with Crippen LogP contribution < -0.4 is 0 Å². The maximum Gasteiger partial charge on any atom is 0.226 e. The van der Waals surface area contributed by atoms with Gasteiger partial charge in [-0.25, -0.2) is 13.4 Å². The molecule has 2 heterocycles.